The SMILES string of the molecule is Cc1cc(Br)cnc1N1CC(c2nnc3ccccn23)C1. The molecule has 0 atom stereocenters. The normalized spacial score (nSPS) is 15.4. The molecule has 106 valence electrons. The summed E-state index contributed by atoms with van der Waals surface area (Å²) in [6, 6.07) is 8.07. The summed E-state index contributed by atoms with van der Waals surface area (Å²) in [4.78, 5) is 6.80. The summed E-state index contributed by atoms with van der Waals surface area (Å²) in [6.45, 7) is 3.96. The van der Waals surface area contributed by atoms with E-state index in [0.717, 1.165) is 34.9 Å². The minimum Gasteiger partial charge on any atom is -0.355 e. The van der Waals surface area contributed by atoms with Crippen LogP contribution in [0.25, 0.3) is 5.65 Å². The second kappa shape index (κ2) is 4.80. The first-order valence-electron chi connectivity index (χ1n) is 6.89. The van der Waals surface area contributed by atoms with Crippen molar-refractivity contribution in [3.63, 3.8) is 0 Å². The van der Waals surface area contributed by atoms with E-state index >= 15 is 0 Å². The second-order valence-corrected chi connectivity index (χ2v) is 6.30. The summed E-state index contributed by atoms with van der Waals surface area (Å²) < 4.78 is 3.09. The van der Waals surface area contributed by atoms with Crippen molar-refractivity contribution in [1.29, 1.82) is 0 Å². The van der Waals surface area contributed by atoms with Crippen molar-refractivity contribution in [2.75, 3.05) is 18.0 Å². The minimum atomic E-state index is 0.409. The largest absolute Gasteiger partial charge is 0.355 e. The lowest BCUT2D eigenvalue weighted by Crippen LogP contribution is -2.46. The molecule has 0 aromatic carbocycles. The van der Waals surface area contributed by atoms with Crippen LogP contribution in [-0.4, -0.2) is 32.7 Å². The number of halogens is 1. The van der Waals surface area contributed by atoms with Gasteiger partial charge in [-0.1, -0.05) is 6.07 Å². The molecule has 0 spiro atoms. The number of hydrogen-bond donors (Lipinski definition) is 0. The van der Waals surface area contributed by atoms with Crippen LogP contribution in [0.1, 0.15) is 17.3 Å². The Morgan fingerprint density at radius 1 is 1.24 bits per heavy atom. The van der Waals surface area contributed by atoms with Crippen LogP contribution in [0.15, 0.2) is 41.1 Å². The molecule has 1 saturated heterocycles. The van der Waals surface area contributed by atoms with Crippen molar-refractivity contribution in [2.45, 2.75) is 12.8 Å². The Morgan fingerprint density at radius 3 is 2.90 bits per heavy atom. The maximum Gasteiger partial charge on any atom is 0.160 e. The highest BCUT2D eigenvalue weighted by molar-refractivity contribution is 9.10. The van der Waals surface area contributed by atoms with Gasteiger partial charge < -0.3 is 4.90 Å². The Hall–Kier alpha value is -1.95. The van der Waals surface area contributed by atoms with Gasteiger partial charge in [0.2, 0.25) is 0 Å². The van der Waals surface area contributed by atoms with Gasteiger partial charge in [0.05, 0.1) is 5.92 Å². The highest BCUT2D eigenvalue weighted by Gasteiger charge is 2.33. The minimum absolute atomic E-state index is 0.409. The van der Waals surface area contributed by atoms with Gasteiger partial charge in [-0.2, -0.15) is 0 Å². The van der Waals surface area contributed by atoms with E-state index in [0.29, 0.717) is 5.92 Å². The lowest BCUT2D eigenvalue weighted by Gasteiger charge is -2.39. The van der Waals surface area contributed by atoms with Crippen LogP contribution in [0.3, 0.4) is 0 Å². The van der Waals surface area contributed by atoms with Crippen LogP contribution in [0.2, 0.25) is 0 Å². The molecule has 0 unspecified atom stereocenters. The van der Waals surface area contributed by atoms with E-state index in [4.69, 9.17) is 0 Å². The van der Waals surface area contributed by atoms with Gasteiger partial charge >= 0.3 is 0 Å². The number of anilines is 1. The third-order valence-electron chi connectivity index (χ3n) is 3.90. The average molecular weight is 344 g/mol. The number of rotatable bonds is 2. The van der Waals surface area contributed by atoms with Crippen molar-refractivity contribution in [3.05, 3.63) is 52.5 Å². The Bertz CT molecular complexity index is 807. The third-order valence-corrected chi connectivity index (χ3v) is 4.34. The summed E-state index contributed by atoms with van der Waals surface area (Å²) in [6.07, 6.45) is 3.87. The first-order valence-corrected chi connectivity index (χ1v) is 7.68. The van der Waals surface area contributed by atoms with Gasteiger partial charge in [0.25, 0.3) is 0 Å². The van der Waals surface area contributed by atoms with E-state index in [-0.39, 0.29) is 0 Å². The Labute approximate surface area is 130 Å². The van der Waals surface area contributed by atoms with Crippen LogP contribution in [0.5, 0.6) is 0 Å². The summed E-state index contributed by atoms with van der Waals surface area (Å²) in [5.74, 6) is 2.51. The smallest absolute Gasteiger partial charge is 0.160 e. The Balaban J connectivity index is 1.57. The van der Waals surface area contributed by atoms with Gasteiger partial charge in [-0.3, -0.25) is 4.40 Å². The zero-order valence-corrected chi connectivity index (χ0v) is 13.2. The number of fused-ring (bicyclic) bond motifs is 1. The van der Waals surface area contributed by atoms with Gasteiger partial charge in [0, 0.05) is 30.0 Å². The molecule has 21 heavy (non-hydrogen) atoms. The molecule has 4 heterocycles. The molecule has 0 bridgehead atoms. The van der Waals surface area contributed by atoms with Crippen LogP contribution in [0.4, 0.5) is 5.82 Å². The number of aromatic nitrogens is 4. The zero-order valence-electron chi connectivity index (χ0n) is 11.6. The Kier molecular flexibility index (Phi) is 2.92. The predicted molar refractivity (Wildman–Crippen MR) is 84.6 cm³/mol. The average Bonchev–Trinajstić information content (AvgIpc) is 2.84. The zero-order chi connectivity index (χ0) is 14.4. The van der Waals surface area contributed by atoms with Crippen molar-refractivity contribution in [3.8, 4) is 0 Å². The van der Waals surface area contributed by atoms with E-state index < -0.39 is 0 Å². The maximum absolute atomic E-state index is 4.51. The molecule has 3 aromatic heterocycles. The summed E-state index contributed by atoms with van der Waals surface area (Å²) in [5.41, 5.74) is 2.10. The molecule has 4 rings (SSSR count). The van der Waals surface area contributed by atoms with Crippen molar-refractivity contribution in [2.24, 2.45) is 0 Å². The Morgan fingerprint density at radius 2 is 2.10 bits per heavy atom. The van der Waals surface area contributed by atoms with E-state index in [1.807, 2.05) is 30.6 Å². The molecule has 0 amide bonds. The molecule has 5 nitrogen and oxygen atoms in total. The van der Waals surface area contributed by atoms with Crippen molar-refractivity contribution in [1.82, 2.24) is 19.6 Å². The standard InChI is InChI=1S/C15H14BrN5/c1-10-6-12(16)7-17-14(10)20-8-11(9-20)15-19-18-13-4-2-3-5-21(13)15/h2-7,11H,8-9H2,1H3. The van der Waals surface area contributed by atoms with Crippen molar-refractivity contribution < 1.29 is 0 Å². The van der Waals surface area contributed by atoms with Gasteiger partial charge in [-0.25, -0.2) is 4.98 Å². The monoisotopic (exact) mass is 343 g/mol. The first-order chi connectivity index (χ1) is 10.2. The van der Waals surface area contributed by atoms with E-state index in [1.54, 1.807) is 0 Å². The summed E-state index contributed by atoms with van der Waals surface area (Å²) >= 11 is 3.45. The van der Waals surface area contributed by atoms with Crippen LogP contribution in [0, 0.1) is 6.92 Å². The highest BCUT2D eigenvalue weighted by atomic mass is 79.9. The van der Waals surface area contributed by atoms with Crippen LogP contribution in [-0.2, 0) is 0 Å². The van der Waals surface area contributed by atoms with Gasteiger partial charge in [-0.05, 0) is 46.6 Å². The number of aryl methyl sites for hydroxylation is 1. The predicted octanol–water partition coefficient (Wildman–Crippen LogP) is 2.80. The molecule has 0 saturated carbocycles. The molecule has 3 aromatic rings. The summed E-state index contributed by atoms with van der Waals surface area (Å²) in [5, 5.41) is 8.56. The van der Waals surface area contributed by atoms with Gasteiger partial charge in [0.1, 0.15) is 11.6 Å². The fourth-order valence-electron chi connectivity index (χ4n) is 2.82. The van der Waals surface area contributed by atoms with Crippen LogP contribution >= 0.6 is 15.9 Å². The third kappa shape index (κ3) is 2.10. The van der Waals surface area contributed by atoms with E-state index in [2.05, 4.69) is 53.4 Å². The molecule has 1 aliphatic heterocycles. The number of nitrogens with zero attached hydrogens (tertiary/aromatic N) is 5. The topological polar surface area (TPSA) is 46.3 Å². The lowest BCUT2D eigenvalue weighted by atomic mass is 9.98. The molecule has 6 heteroatoms. The molecule has 1 fully saturated rings. The first kappa shape index (κ1) is 12.8. The maximum atomic E-state index is 4.51. The summed E-state index contributed by atoms with van der Waals surface area (Å²) in [7, 11) is 0. The van der Waals surface area contributed by atoms with Crippen molar-refractivity contribution >= 4 is 27.4 Å². The number of pyridine rings is 2. The lowest BCUT2D eigenvalue weighted by molar-refractivity contribution is 0.492. The fourth-order valence-corrected chi connectivity index (χ4v) is 3.26. The van der Waals surface area contributed by atoms with E-state index in [9.17, 15) is 0 Å². The molecule has 0 N–H and O–H groups in total. The van der Waals surface area contributed by atoms with Gasteiger partial charge in [0.15, 0.2) is 5.65 Å². The molecule has 0 radical (unpaired) electrons. The van der Waals surface area contributed by atoms with E-state index in [1.165, 1.54) is 5.56 Å². The molecular weight excluding hydrogens is 330 g/mol. The highest BCUT2D eigenvalue weighted by Crippen LogP contribution is 2.32. The van der Waals surface area contributed by atoms with Gasteiger partial charge in [-0.15, -0.1) is 10.2 Å². The molecular formula is C15H14BrN5. The quantitative estimate of drug-likeness (QED) is 0.717. The molecule has 1 aliphatic rings. The fraction of sp³-hybridized carbons (Fsp3) is 0.267. The van der Waals surface area contributed by atoms with Crippen LogP contribution < -0.4 is 4.90 Å². The second-order valence-electron chi connectivity index (χ2n) is 5.38. The molecule has 0 aliphatic carbocycles. The number of hydrogen-bond acceptors (Lipinski definition) is 4.